The summed E-state index contributed by atoms with van der Waals surface area (Å²) in [6.45, 7) is 1.74. The minimum absolute atomic E-state index is 0. The summed E-state index contributed by atoms with van der Waals surface area (Å²) >= 11 is 1.33. The first-order valence-electron chi connectivity index (χ1n) is 8.93. The van der Waals surface area contributed by atoms with Gasteiger partial charge in [-0.15, -0.1) is 0 Å². The van der Waals surface area contributed by atoms with Crippen LogP contribution in [0.3, 0.4) is 0 Å². The van der Waals surface area contributed by atoms with E-state index in [1.54, 1.807) is 36.7 Å². The Morgan fingerprint density at radius 1 is 1.28 bits per heavy atom. The van der Waals surface area contributed by atoms with Gasteiger partial charge in [0.05, 0.1) is 5.69 Å². The normalized spacial score (nSPS) is 11.2. The first-order chi connectivity index (χ1) is 14.7. The molecule has 8 nitrogen and oxygen atoms in total. The van der Waals surface area contributed by atoms with Crippen molar-refractivity contribution in [2.75, 3.05) is 4.72 Å². The average molecular weight is 485 g/mol. The van der Waals surface area contributed by atoms with Crippen LogP contribution in [0.15, 0.2) is 57.2 Å². The van der Waals surface area contributed by atoms with Crippen LogP contribution < -0.4 is 20.2 Å². The molecule has 2 aromatic carbocycles. The van der Waals surface area contributed by atoms with E-state index >= 15 is 0 Å². The van der Waals surface area contributed by atoms with Crippen LogP contribution in [0.2, 0.25) is 0 Å². The summed E-state index contributed by atoms with van der Waals surface area (Å²) in [5.74, 6) is -0.354. The molecule has 0 atom stereocenters. The number of halogens is 1. The Labute approximate surface area is 208 Å². The SMILES string of the molecule is Cc1c(Cc2cccc(NS(N)(=O)=O)c2F)c(=O)oc2cc(Oc3nccs3)ccc12.[NaH]. The van der Waals surface area contributed by atoms with Gasteiger partial charge in [0, 0.05) is 35.0 Å². The van der Waals surface area contributed by atoms with Crippen molar-refractivity contribution in [1.82, 2.24) is 4.98 Å². The zero-order valence-electron chi connectivity index (χ0n) is 16.1. The number of nitrogens with one attached hydrogen (secondary N) is 1. The Bertz CT molecular complexity index is 1440. The van der Waals surface area contributed by atoms with E-state index in [0.717, 1.165) is 0 Å². The fourth-order valence-corrected chi connectivity index (χ4v) is 4.11. The van der Waals surface area contributed by atoms with Crippen molar-refractivity contribution in [1.29, 1.82) is 0 Å². The quantitative estimate of drug-likeness (QED) is 0.320. The molecule has 0 saturated heterocycles. The Morgan fingerprint density at radius 2 is 2.06 bits per heavy atom. The molecule has 0 radical (unpaired) electrons. The summed E-state index contributed by atoms with van der Waals surface area (Å²) in [5, 5.41) is 7.82. The Balaban J connectivity index is 0.00000289. The number of anilines is 1. The number of fused-ring (bicyclic) bond motifs is 1. The average Bonchev–Trinajstić information content (AvgIpc) is 3.19. The maximum absolute atomic E-state index is 14.8. The molecule has 12 heteroatoms. The molecule has 4 aromatic rings. The molecule has 2 aromatic heterocycles. The molecule has 162 valence electrons. The molecule has 0 aliphatic carbocycles. The molecular formula is C20H17FN3NaO5S2. The second-order valence-corrected chi connectivity index (χ2v) is 8.80. The third kappa shape index (κ3) is 5.37. The zero-order chi connectivity index (χ0) is 22.2. The topological polar surface area (TPSA) is 125 Å². The van der Waals surface area contributed by atoms with Crippen molar-refractivity contribution in [2.24, 2.45) is 5.14 Å². The van der Waals surface area contributed by atoms with Gasteiger partial charge in [0.2, 0.25) is 0 Å². The van der Waals surface area contributed by atoms with Gasteiger partial charge in [-0.3, -0.25) is 4.72 Å². The number of rotatable bonds is 6. The second kappa shape index (κ2) is 9.69. The van der Waals surface area contributed by atoms with Crippen molar-refractivity contribution in [3.05, 3.63) is 80.9 Å². The van der Waals surface area contributed by atoms with Gasteiger partial charge in [-0.2, -0.15) is 8.42 Å². The first-order valence-corrected chi connectivity index (χ1v) is 11.4. The number of nitrogens with zero attached hydrogens (tertiary/aromatic N) is 1. The van der Waals surface area contributed by atoms with E-state index in [1.165, 1.54) is 29.5 Å². The van der Waals surface area contributed by atoms with E-state index in [2.05, 4.69) is 4.98 Å². The van der Waals surface area contributed by atoms with E-state index in [1.807, 2.05) is 4.72 Å². The molecule has 0 bridgehead atoms. The number of benzene rings is 2. The van der Waals surface area contributed by atoms with Crippen LogP contribution in [-0.4, -0.2) is 43.0 Å². The molecule has 0 spiro atoms. The molecule has 3 N–H and O–H groups in total. The van der Waals surface area contributed by atoms with Crippen molar-refractivity contribution in [3.63, 3.8) is 0 Å². The predicted molar refractivity (Wildman–Crippen MR) is 122 cm³/mol. The van der Waals surface area contributed by atoms with Crippen LogP contribution in [0.5, 0.6) is 10.9 Å². The van der Waals surface area contributed by atoms with E-state index in [0.29, 0.717) is 27.5 Å². The van der Waals surface area contributed by atoms with Crippen molar-refractivity contribution in [3.8, 4) is 10.9 Å². The zero-order valence-corrected chi connectivity index (χ0v) is 17.7. The fraction of sp³-hybridized carbons (Fsp3) is 0.100. The van der Waals surface area contributed by atoms with E-state index in [4.69, 9.17) is 14.3 Å². The number of aromatic nitrogens is 1. The summed E-state index contributed by atoms with van der Waals surface area (Å²) in [6.07, 6.45) is 1.53. The summed E-state index contributed by atoms with van der Waals surface area (Å²) in [7, 11) is -4.14. The fourth-order valence-electron chi connectivity index (χ4n) is 3.14. The summed E-state index contributed by atoms with van der Waals surface area (Å²) in [4.78, 5) is 16.7. The van der Waals surface area contributed by atoms with Crippen LogP contribution in [0.1, 0.15) is 16.7 Å². The Kier molecular flexibility index (Phi) is 7.38. The molecule has 0 aliphatic rings. The summed E-state index contributed by atoms with van der Waals surface area (Å²) in [6, 6.07) is 9.21. The summed E-state index contributed by atoms with van der Waals surface area (Å²) < 4.78 is 50.2. The maximum atomic E-state index is 14.8. The van der Waals surface area contributed by atoms with E-state index < -0.39 is 21.7 Å². The summed E-state index contributed by atoms with van der Waals surface area (Å²) in [5.41, 5.74) is 0.397. The number of thiazole rings is 1. The number of hydrogen-bond acceptors (Lipinski definition) is 7. The monoisotopic (exact) mass is 485 g/mol. The van der Waals surface area contributed by atoms with Crippen LogP contribution >= 0.6 is 11.3 Å². The molecule has 4 rings (SSSR count). The van der Waals surface area contributed by atoms with Crippen molar-refractivity contribution >= 4 is 67.8 Å². The first kappa shape index (κ1) is 24.4. The number of ether oxygens (including phenoxy) is 1. The van der Waals surface area contributed by atoms with Crippen LogP contribution in [0.4, 0.5) is 10.1 Å². The Morgan fingerprint density at radius 3 is 2.75 bits per heavy atom. The Hall–Kier alpha value is -2.28. The predicted octanol–water partition coefficient (Wildman–Crippen LogP) is 3.05. The van der Waals surface area contributed by atoms with Gasteiger partial charge in [-0.05, 0) is 36.2 Å². The molecule has 0 fully saturated rings. The van der Waals surface area contributed by atoms with Gasteiger partial charge in [0.1, 0.15) is 11.3 Å². The van der Waals surface area contributed by atoms with Crippen molar-refractivity contribution in [2.45, 2.75) is 13.3 Å². The molecule has 2 heterocycles. The van der Waals surface area contributed by atoms with Gasteiger partial charge < -0.3 is 9.15 Å². The minimum atomic E-state index is -4.14. The molecule has 0 aliphatic heterocycles. The van der Waals surface area contributed by atoms with Crippen LogP contribution in [0.25, 0.3) is 11.0 Å². The standard InChI is InChI=1S/C20H16FN3O5S2.Na.H/c1-11-14-6-5-13(28-20-23-7-8-30-20)10-17(14)29-19(25)15(11)9-12-3-2-4-16(18(12)21)24-31(22,26)27;;/h2-8,10,24H,9H2,1H3,(H2,22,26,27);;. The van der Waals surface area contributed by atoms with E-state index in [-0.39, 0.29) is 52.8 Å². The van der Waals surface area contributed by atoms with Gasteiger partial charge >= 0.3 is 35.2 Å². The molecular weight excluding hydrogens is 468 g/mol. The van der Waals surface area contributed by atoms with Gasteiger partial charge in [-0.25, -0.2) is 19.3 Å². The van der Waals surface area contributed by atoms with Gasteiger partial charge in [0.15, 0.2) is 5.82 Å². The number of hydrogen-bond donors (Lipinski definition) is 2. The number of aryl methyl sites for hydroxylation is 1. The third-order valence-electron chi connectivity index (χ3n) is 4.57. The molecule has 0 saturated carbocycles. The van der Waals surface area contributed by atoms with Gasteiger partial charge in [0.25, 0.3) is 15.4 Å². The van der Waals surface area contributed by atoms with Gasteiger partial charge in [-0.1, -0.05) is 23.5 Å². The number of nitrogens with two attached hydrogens (primary N) is 1. The third-order valence-corrected chi connectivity index (χ3v) is 5.72. The van der Waals surface area contributed by atoms with Crippen LogP contribution in [-0.2, 0) is 16.6 Å². The molecule has 0 unspecified atom stereocenters. The molecule has 0 amide bonds. The van der Waals surface area contributed by atoms with Crippen LogP contribution in [0, 0.1) is 12.7 Å². The second-order valence-electron chi connectivity index (χ2n) is 6.65. The molecule has 32 heavy (non-hydrogen) atoms. The van der Waals surface area contributed by atoms with E-state index in [9.17, 15) is 17.6 Å². The van der Waals surface area contributed by atoms with Crippen molar-refractivity contribution < 1.29 is 22.0 Å².